The van der Waals surface area contributed by atoms with E-state index in [0.717, 1.165) is 17.0 Å². The third kappa shape index (κ3) is 2.24. The molecule has 0 saturated carbocycles. The van der Waals surface area contributed by atoms with E-state index in [1.54, 1.807) is 39.8 Å². The molecule has 2 aromatic heterocycles. The Hall–Kier alpha value is -2.80. The van der Waals surface area contributed by atoms with Gasteiger partial charge in [-0.25, -0.2) is 4.98 Å². The maximum atomic E-state index is 13.2. The molecule has 0 N–H and O–H groups in total. The summed E-state index contributed by atoms with van der Waals surface area (Å²) in [6, 6.07) is 8.48. The number of nitrogens with zero attached hydrogens (tertiary/aromatic N) is 3. The van der Waals surface area contributed by atoms with E-state index in [9.17, 15) is 9.59 Å². The molecule has 0 fully saturated rings. The van der Waals surface area contributed by atoms with Crippen LogP contribution in [0, 0.1) is 0 Å². The number of hydrogen-bond donors (Lipinski definition) is 0. The molecule has 26 heavy (non-hydrogen) atoms. The van der Waals surface area contributed by atoms with Gasteiger partial charge in [0.25, 0.3) is 11.5 Å². The van der Waals surface area contributed by atoms with Gasteiger partial charge in [-0.3, -0.25) is 14.2 Å². The van der Waals surface area contributed by atoms with E-state index in [1.807, 2.05) is 29.7 Å². The number of furan rings is 1. The lowest BCUT2D eigenvalue weighted by Crippen LogP contribution is -2.48. The fourth-order valence-electron chi connectivity index (χ4n) is 3.58. The Morgan fingerprint density at radius 1 is 1.23 bits per heavy atom. The molecule has 0 spiro atoms. The van der Waals surface area contributed by atoms with Crippen LogP contribution in [0.3, 0.4) is 0 Å². The summed E-state index contributed by atoms with van der Waals surface area (Å²) < 4.78 is 6.71. The van der Waals surface area contributed by atoms with Gasteiger partial charge in [0, 0.05) is 18.7 Å². The Bertz CT molecular complexity index is 1100. The van der Waals surface area contributed by atoms with Crippen LogP contribution < -0.4 is 5.56 Å². The van der Waals surface area contributed by atoms with E-state index in [4.69, 9.17) is 9.40 Å². The first kappa shape index (κ1) is 15.5. The molecule has 1 unspecified atom stereocenters. The minimum atomic E-state index is -0.618. The average molecular weight is 365 g/mol. The predicted octanol–water partition coefficient (Wildman–Crippen LogP) is 2.66. The molecule has 3 aromatic rings. The van der Waals surface area contributed by atoms with Crippen LogP contribution in [0.25, 0.3) is 16.6 Å². The first-order valence-corrected chi connectivity index (χ1v) is 9.45. The standard InChI is InChI=1S/C19H15N3O3S/c23-18-13-3-1-2-4-14(13)20-17-16-11-26-8-6-21(16)19(24)15(22(17)18)9-12-5-7-25-10-12/h1-5,7,10-11,15H,6,8-9H2. The molecule has 6 nitrogen and oxygen atoms in total. The highest BCUT2D eigenvalue weighted by atomic mass is 32.2. The van der Waals surface area contributed by atoms with Crippen molar-refractivity contribution in [3.8, 4) is 0 Å². The number of carbonyl (C=O) groups is 1. The summed E-state index contributed by atoms with van der Waals surface area (Å²) in [5.74, 6) is 1.34. The normalized spacial score (nSPS) is 19.2. The molecular weight excluding hydrogens is 350 g/mol. The van der Waals surface area contributed by atoms with Gasteiger partial charge in [0.05, 0.1) is 29.1 Å². The average Bonchev–Trinajstić information content (AvgIpc) is 3.19. The van der Waals surface area contributed by atoms with Gasteiger partial charge in [0.1, 0.15) is 6.04 Å². The van der Waals surface area contributed by atoms with Gasteiger partial charge in [-0.15, -0.1) is 11.8 Å². The third-order valence-electron chi connectivity index (χ3n) is 4.83. The van der Waals surface area contributed by atoms with E-state index in [2.05, 4.69) is 0 Å². The number of fused-ring (bicyclic) bond motifs is 4. The molecule has 130 valence electrons. The third-order valence-corrected chi connectivity index (χ3v) is 5.64. The van der Waals surface area contributed by atoms with Crippen molar-refractivity contribution in [3.05, 3.63) is 70.0 Å². The van der Waals surface area contributed by atoms with Gasteiger partial charge < -0.3 is 9.32 Å². The van der Waals surface area contributed by atoms with Gasteiger partial charge in [-0.05, 0) is 29.2 Å². The summed E-state index contributed by atoms with van der Waals surface area (Å²) in [6.45, 7) is 0.625. The number of amides is 1. The number of aromatic nitrogens is 2. The lowest BCUT2D eigenvalue weighted by atomic mass is 10.0. The number of hydrogen-bond acceptors (Lipinski definition) is 5. The number of carbonyl (C=O) groups excluding carboxylic acids is 1. The molecule has 0 radical (unpaired) electrons. The first-order valence-electron chi connectivity index (χ1n) is 8.40. The summed E-state index contributed by atoms with van der Waals surface area (Å²) in [5.41, 5.74) is 2.07. The molecular formula is C19H15N3O3S. The Balaban J connectivity index is 1.79. The van der Waals surface area contributed by atoms with Crippen LogP contribution in [0.4, 0.5) is 0 Å². The Labute approximate surface area is 153 Å². The smallest absolute Gasteiger partial charge is 0.262 e. The largest absolute Gasteiger partial charge is 0.472 e. The highest BCUT2D eigenvalue weighted by molar-refractivity contribution is 8.02. The Kier molecular flexibility index (Phi) is 3.49. The van der Waals surface area contributed by atoms with Crippen LogP contribution in [0.5, 0.6) is 0 Å². The topological polar surface area (TPSA) is 68.3 Å². The lowest BCUT2D eigenvalue weighted by molar-refractivity contribution is -0.132. The second-order valence-electron chi connectivity index (χ2n) is 6.34. The lowest BCUT2D eigenvalue weighted by Gasteiger charge is -2.38. The summed E-state index contributed by atoms with van der Waals surface area (Å²) in [7, 11) is 0. The molecule has 2 aliphatic rings. The van der Waals surface area contributed by atoms with Crippen LogP contribution in [0.1, 0.15) is 17.4 Å². The van der Waals surface area contributed by atoms with E-state index < -0.39 is 6.04 Å². The summed E-state index contributed by atoms with van der Waals surface area (Å²) in [5, 5.41) is 2.46. The second kappa shape index (κ2) is 5.88. The monoisotopic (exact) mass is 365 g/mol. The molecule has 0 aliphatic carbocycles. The van der Waals surface area contributed by atoms with Gasteiger partial charge in [0.2, 0.25) is 0 Å². The molecule has 1 aromatic carbocycles. The highest BCUT2D eigenvalue weighted by Crippen LogP contribution is 2.35. The van der Waals surface area contributed by atoms with Crippen molar-refractivity contribution in [3.63, 3.8) is 0 Å². The second-order valence-corrected chi connectivity index (χ2v) is 7.32. The number of thioether (sulfide) groups is 1. The van der Waals surface area contributed by atoms with Crippen LogP contribution in [-0.2, 0) is 11.2 Å². The van der Waals surface area contributed by atoms with E-state index in [-0.39, 0.29) is 11.5 Å². The molecule has 4 heterocycles. The Morgan fingerprint density at radius 3 is 2.96 bits per heavy atom. The minimum absolute atomic E-state index is 0.0653. The maximum Gasteiger partial charge on any atom is 0.262 e. The fourth-order valence-corrected chi connectivity index (χ4v) is 4.38. The molecule has 1 amide bonds. The molecule has 7 heteroatoms. The maximum absolute atomic E-state index is 13.2. The van der Waals surface area contributed by atoms with Crippen LogP contribution in [0.15, 0.2) is 57.5 Å². The van der Waals surface area contributed by atoms with Crippen molar-refractivity contribution in [2.75, 3.05) is 12.3 Å². The molecule has 5 rings (SSSR count). The van der Waals surface area contributed by atoms with Crippen LogP contribution >= 0.6 is 11.8 Å². The van der Waals surface area contributed by atoms with Gasteiger partial charge in [-0.2, -0.15) is 0 Å². The van der Waals surface area contributed by atoms with Crippen molar-refractivity contribution in [2.24, 2.45) is 0 Å². The van der Waals surface area contributed by atoms with E-state index >= 15 is 0 Å². The fraction of sp³-hybridized carbons (Fsp3) is 0.211. The minimum Gasteiger partial charge on any atom is -0.472 e. The number of rotatable bonds is 2. The predicted molar refractivity (Wildman–Crippen MR) is 99.6 cm³/mol. The van der Waals surface area contributed by atoms with Crippen molar-refractivity contribution < 1.29 is 9.21 Å². The molecule has 1 atom stereocenters. The van der Waals surface area contributed by atoms with E-state index in [1.165, 1.54) is 0 Å². The van der Waals surface area contributed by atoms with E-state index in [0.29, 0.717) is 29.7 Å². The highest BCUT2D eigenvalue weighted by Gasteiger charge is 2.39. The zero-order valence-electron chi connectivity index (χ0n) is 13.8. The van der Waals surface area contributed by atoms with Gasteiger partial charge in [0.15, 0.2) is 5.82 Å². The molecule has 0 saturated heterocycles. The van der Waals surface area contributed by atoms with Crippen molar-refractivity contribution >= 4 is 34.3 Å². The van der Waals surface area contributed by atoms with Crippen molar-refractivity contribution in [1.29, 1.82) is 0 Å². The zero-order chi connectivity index (χ0) is 17.7. The summed E-state index contributed by atoms with van der Waals surface area (Å²) in [4.78, 5) is 32.9. The molecule has 2 aliphatic heterocycles. The van der Waals surface area contributed by atoms with Gasteiger partial charge >= 0.3 is 0 Å². The number of para-hydroxylation sites is 1. The van der Waals surface area contributed by atoms with Crippen LogP contribution in [0.2, 0.25) is 0 Å². The SMILES string of the molecule is O=C1C(Cc2ccoc2)n2c(nc3ccccc3c2=O)C2=CSCCN12. The first-order chi connectivity index (χ1) is 12.7. The molecule has 0 bridgehead atoms. The summed E-state index contributed by atoms with van der Waals surface area (Å²) in [6.07, 6.45) is 3.59. The zero-order valence-corrected chi connectivity index (χ0v) is 14.6. The Morgan fingerprint density at radius 2 is 2.12 bits per heavy atom. The van der Waals surface area contributed by atoms with Crippen molar-refractivity contribution in [2.45, 2.75) is 12.5 Å². The van der Waals surface area contributed by atoms with Gasteiger partial charge in [-0.1, -0.05) is 12.1 Å². The van der Waals surface area contributed by atoms with Crippen molar-refractivity contribution in [1.82, 2.24) is 14.5 Å². The number of benzene rings is 1. The quantitative estimate of drug-likeness (QED) is 0.698. The summed E-state index contributed by atoms with van der Waals surface area (Å²) >= 11 is 1.64. The van der Waals surface area contributed by atoms with Crippen LogP contribution in [-0.4, -0.2) is 32.7 Å².